The standard InChI is InChI=1S/C12H21NO4/c1-5-13-12(15)17-7-6-16-11(14)10(4)8-9(2)3/h8,10H,5-7H2,1-4H3,(H,13,15). The summed E-state index contributed by atoms with van der Waals surface area (Å²) in [5.41, 5.74) is 1.06. The lowest BCUT2D eigenvalue weighted by Gasteiger charge is -2.09. The Balaban J connectivity index is 3.72. The number of carbonyl (C=O) groups is 2. The minimum Gasteiger partial charge on any atom is -0.462 e. The van der Waals surface area contributed by atoms with Gasteiger partial charge in [0, 0.05) is 6.54 Å². The van der Waals surface area contributed by atoms with E-state index in [1.54, 1.807) is 13.8 Å². The van der Waals surface area contributed by atoms with E-state index in [0.717, 1.165) is 5.57 Å². The van der Waals surface area contributed by atoms with Crippen LogP contribution in [-0.4, -0.2) is 31.8 Å². The molecule has 0 spiro atoms. The minimum absolute atomic E-state index is 0.0686. The van der Waals surface area contributed by atoms with Crippen molar-refractivity contribution in [2.45, 2.75) is 27.7 Å². The van der Waals surface area contributed by atoms with Gasteiger partial charge in [0.1, 0.15) is 13.2 Å². The fourth-order valence-corrected chi connectivity index (χ4v) is 1.17. The number of rotatable bonds is 6. The van der Waals surface area contributed by atoms with E-state index in [-0.39, 0.29) is 25.1 Å². The number of allylic oxidation sites excluding steroid dienone is 1. The molecule has 5 heteroatoms. The molecule has 1 N–H and O–H groups in total. The van der Waals surface area contributed by atoms with E-state index in [1.165, 1.54) is 0 Å². The van der Waals surface area contributed by atoms with Crippen LogP contribution in [0.1, 0.15) is 27.7 Å². The zero-order valence-corrected chi connectivity index (χ0v) is 10.9. The Bertz CT molecular complexity index is 282. The van der Waals surface area contributed by atoms with Crippen molar-refractivity contribution in [3.63, 3.8) is 0 Å². The summed E-state index contributed by atoms with van der Waals surface area (Å²) < 4.78 is 9.70. The van der Waals surface area contributed by atoms with Crippen molar-refractivity contribution in [1.82, 2.24) is 5.32 Å². The molecule has 0 aliphatic carbocycles. The average molecular weight is 243 g/mol. The molecular weight excluding hydrogens is 222 g/mol. The Morgan fingerprint density at radius 3 is 2.35 bits per heavy atom. The second kappa shape index (κ2) is 8.61. The van der Waals surface area contributed by atoms with Crippen LogP contribution in [0.3, 0.4) is 0 Å². The Labute approximate surface area is 102 Å². The van der Waals surface area contributed by atoms with Gasteiger partial charge in [-0.25, -0.2) is 4.79 Å². The van der Waals surface area contributed by atoms with Crippen molar-refractivity contribution >= 4 is 12.1 Å². The summed E-state index contributed by atoms with van der Waals surface area (Å²) in [6.07, 6.45) is 1.33. The smallest absolute Gasteiger partial charge is 0.407 e. The van der Waals surface area contributed by atoms with Crippen molar-refractivity contribution in [1.29, 1.82) is 0 Å². The van der Waals surface area contributed by atoms with Crippen LogP contribution in [0.25, 0.3) is 0 Å². The van der Waals surface area contributed by atoms with Crippen LogP contribution in [0.5, 0.6) is 0 Å². The zero-order valence-electron chi connectivity index (χ0n) is 10.9. The summed E-state index contributed by atoms with van der Waals surface area (Å²) in [4.78, 5) is 22.3. The maximum absolute atomic E-state index is 11.4. The molecule has 0 saturated heterocycles. The molecule has 1 amide bonds. The van der Waals surface area contributed by atoms with Gasteiger partial charge in [-0.2, -0.15) is 0 Å². The monoisotopic (exact) mass is 243 g/mol. The van der Waals surface area contributed by atoms with E-state index in [4.69, 9.17) is 9.47 Å². The van der Waals surface area contributed by atoms with E-state index in [0.29, 0.717) is 6.54 Å². The number of amides is 1. The largest absolute Gasteiger partial charge is 0.462 e. The fourth-order valence-electron chi connectivity index (χ4n) is 1.17. The molecule has 98 valence electrons. The third-order valence-corrected chi connectivity index (χ3v) is 1.84. The number of hydrogen-bond donors (Lipinski definition) is 1. The van der Waals surface area contributed by atoms with Crippen LogP contribution in [0, 0.1) is 5.92 Å². The number of nitrogens with one attached hydrogen (secondary N) is 1. The summed E-state index contributed by atoms with van der Waals surface area (Å²) in [7, 11) is 0. The fraction of sp³-hybridized carbons (Fsp3) is 0.667. The summed E-state index contributed by atoms with van der Waals surface area (Å²) in [5, 5.41) is 2.47. The van der Waals surface area contributed by atoms with Gasteiger partial charge in [-0.3, -0.25) is 4.79 Å². The Hall–Kier alpha value is -1.52. The predicted molar refractivity (Wildman–Crippen MR) is 64.6 cm³/mol. The van der Waals surface area contributed by atoms with Crippen LogP contribution < -0.4 is 5.32 Å². The maximum atomic E-state index is 11.4. The third kappa shape index (κ3) is 8.30. The molecular formula is C12H21NO4. The molecule has 0 rings (SSSR count). The van der Waals surface area contributed by atoms with Crippen molar-refractivity contribution in [2.75, 3.05) is 19.8 Å². The molecule has 0 fully saturated rings. The highest BCUT2D eigenvalue weighted by Gasteiger charge is 2.11. The van der Waals surface area contributed by atoms with Gasteiger partial charge in [-0.05, 0) is 27.7 Å². The first-order chi connectivity index (χ1) is 7.97. The first-order valence-corrected chi connectivity index (χ1v) is 5.69. The summed E-state index contributed by atoms with van der Waals surface area (Å²) in [5.74, 6) is -0.588. The Morgan fingerprint density at radius 1 is 1.24 bits per heavy atom. The van der Waals surface area contributed by atoms with E-state index in [9.17, 15) is 9.59 Å². The van der Waals surface area contributed by atoms with E-state index < -0.39 is 6.09 Å². The lowest BCUT2D eigenvalue weighted by molar-refractivity contribution is -0.147. The normalized spacial score (nSPS) is 11.3. The second-order valence-corrected chi connectivity index (χ2v) is 3.87. The summed E-state index contributed by atoms with van der Waals surface area (Å²) in [6.45, 7) is 8.05. The first kappa shape index (κ1) is 15.5. The van der Waals surface area contributed by atoms with Gasteiger partial charge in [0.25, 0.3) is 0 Å². The quantitative estimate of drug-likeness (QED) is 0.439. The second-order valence-electron chi connectivity index (χ2n) is 3.87. The van der Waals surface area contributed by atoms with E-state index >= 15 is 0 Å². The number of carbonyl (C=O) groups excluding carboxylic acids is 2. The molecule has 1 atom stereocenters. The van der Waals surface area contributed by atoms with Crippen LogP contribution >= 0.6 is 0 Å². The van der Waals surface area contributed by atoms with Gasteiger partial charge in [-0.1, -0.05) is 11.6 Å². The predicted octanol–water partition coefficient (Wildman–Crippen LogP) is 1.88. The molecule has 0 aliphatic rings. The number of ether oxygens (including phenoxy) is 2. The molecule has 17 heavy (non-hydrogen) atoms. The molecule has 0 aromatic rings. The number of alkyl carbamates (subject to hydrolysis) is 1. The van der Waals surface area contributed by atoms with E-state index in [1.807, 2.05) is 19.9 Å². The molecule has 0 bridgehead atoms. The SMILES string of the molecule is CCNC(=O)OCCOC(=O)C(C)C=C(C)C. The van der Waals surface area contributed by atoms with Crippen LogP contribution in [0.15, 0.2) is 11.6 Å². The van der Waals surface area contributed by atoms with Gasteiger partial charge in [0.15, 0.2) is 0 Å². The van der Waals surface area contributed by atoms with Crippen molar-refractivity contribution in [2.24, 2.45) is 5.92 Å². The lowest BCUT2D eigenvalue weighted by Crippen LogP contribution is -2.26. The van der Waals surface area contributed by atoms with Crippen LogP contribution in [-0.2, 0) is 14.3 Å². The Morgan fingerprint density at radius 2 is 1.82 bits per heavy atom. The Kier molecular flexibility index (Phi) is 7.84. The van der Waals surface area contributed by atoms with Gasteiger partial charge in [0.05, 0.1) is 5.92 Å². The van der Waals surface area contributed by atoms with Crippen LogP contribution in [0.4, 0.5) is 4.79 Å². The van der Waals surface area contributed by atoms with Gasteiger partial charge in [-0.15, -0.1) is 0 Å². The molecule has 0 saturated carbocycles. The molecule has 0 heterocycles. The summed E-state index contributed by atoms with van der Waals surface area (Å²) >= 11 is 0. The average Bonchev–Trinajstić information content (AvgIpc) is 2.23. The van der Waals surface area contributed by atoms with Gasteiger partial charge < -0.3 is 14.8 Å². The van der Waals surface area contributed by atoms with Gasteiger partial charge >= 0.3 is 12.1 Å². The van der Waals surface area contributed by atoms with Crippen LogP contribution in [0.2, 0.25) is 0 Å². The highest BCUT2D eigenvalue weighted by molar-refractivity contribution is 5.74. The van der Waals surface area contributed by atoms with E-state index in [2.05, 4.69) is 5.32 Å². The molecule has 1 unspecified atom stereocenters. The highest BCUT2D eigenvalue weighted by atomic mass is 16.6. The van der Waals surface area contributed by atoms with Crippen molar-refractivity contribution in [3.8, 4) is 0 Å². The molecule has 0 aliphatic heterocycles. The minimum atomic E-state index is -0.499. The molecule has 0 aromatic carbocycles. The summed E-state index contributed by atoms with van der Waals surface area (Å²) in [6, 6.07) is 0. The highest BCUT2D eigenvalue weighted by Crippen LogP contribution is 2.04. The topological polar surface area (TPSA) is 64.6 Å². The van der Waals surface area contributed by atoms with Crippen molar-refractivity contribution in [3.05, 3.63) is 11.6 Å². The number of hydrogen-bond acceptors (Lipinski definition) is 4. The lowest BCUT2D eigenvalue weighted by atomic mass is 10.1. The zero-order chi connectivity index (χ0) is 13.3. The van der Waals surface area contributed by atoms with Crippen molar-refractivity contribution < 1.29 is 19.1 Å². The molecule has 0 radical (unpaired) electrons. The van der Waals surface area contributed by atoms with Gasteiger partial charge in [0.2, 0.25) is 0 Å². The molecule has 5 nitrogen and oxygen atoms in total. The maximum Gasteiger partial charge on any atom is 0.407 e. The third-order valence-electron chi connectivity index (χ3n) is 1.84. The first-order valence-electron chi connectivity index (χ1n) is 5.69. The number of esters is 1. The molecule has 0 aromatic heterocycles.